The second kappa shape index (κ2) is 10.8. The molecular formula is C22H25N7O4. The molecule has 2 aromatic heterocycles. The first kappa shape index (κ1) is 23.3. The summed E-state index contributed by atoms with van der Waals surface area (Å²) in [5.41, 5.74) is 12.6. The highest BCUT2D eigenvalue weighted by Gasteiger charge is 2.13. The normalized spacial score (nSPS) is 10.4. The van der Waals surface area contributed by atoms with Crippen LogP contribution in [0.25, 0.3) is 0 Å². The number of aryl methyl sites for hydroxylation is 2. The van der Waals surface area contributed by atoms with E-state index < -0.39 is 11.7 Å². The molecule has 11 nitrogen and oxygen atoms in total. The van der Waals surface area contributed by atoms with Crippen LogP contribution in [0.15, 0.2) is 53.5 Å². The number of hydrogen-bond acceptors (Lipinski definition) is 8. The van der Waals surface area contributed by atoms with Crippen LogP contribution in [0.4, 0.5) is 16.4 Å². The Morgan fingerprint density at radius 3 is 2.61 bits per heavy atom. The molecule has 0 saturated carbocycles. The maximum atomic E-state index is 12.7. The number of hydrogen-bond donors (Lipinski definition) is 4. The molecule has 2 amide bonds. The molecule has 3 aromatic rings. The molecule has 2 heterocycles. The van der Waals surface area contributed by atoms with Gasteiger partial charge >= 0.3 is 6.09 Å². The van der Waals surface area contributed by atoms with E-state index in [9.17, 15) is 14.4 Å². The molecule has 3 rings (SSSR count). The summed E-state index contributed by atoms with van der Waals surface area (Å²) in [6.07, 6.45) is 0.638. The van der Waals surface area contributed by atoms with E-state index in [4.69, 9.17) is 10.5 Å². The molecular weight excluding hydrogens is 426 g/mol. The number of rotatable bonds is 8. The molecule has 0 unspecified atom stereocenters. The van der Waals surface area contributed by atoms with Gasteiger partial charge in [0.2, 0.25) is 11.7 Å². The van der Waals surface area contributed by atoms with Gasteiger partial charge in [0.05, 0.1) is 0 Å². The van der Waals surface area contributed by atoms with Crippen molar-refractivity contribution in [1.82, 2.24) is 25.3 Å². The molecule has 0 spiro atoms. The lowest BCUT2D eigenvalue weighted by Crippen LogP contribution is -2.38. The van der Waals surface area contributed by atoms with E-state index in [-0.39, 0.29) is 31.4 Å². The number of benzene rings is 1. The minimum absolute atomic E-state index is 0.0725. The predicted molar refractivity (Wildman–Crippen MR) is 122 cm³/mol. The summed E-state index contributed by atoms with van der Waals surface area (Å²) in [6, 6.07) is 12.6. The topological polar surface area (TPSA) is 153 Å². The van der Waals surface area contributed by atoms with Crippen molar-refractivity contribution >= 4 is 23.6 Å². The van der Waals surface area contributed by atoms with Crippen molar-refractivity contribution in [2.24, 2.45) is 0 Å². The first-order valence-electron chi connectivity index (χ1n) is 10.1. The van der Waals surface area contributed by atoms with E-state index in [0.29, 0.717) is 17.2 Å². The molecule has 5 N–H and O–H groups in total. The number of nitrogens with one attached hydrogen (secondary N) is 3. The highest BCUT2D eigenvalue weighted by molar-refractivity contribution is 5.76. The van der Waals surface area contributed by atoms with Gasteiger partial charge in [0.15, 0.2) is 0 Å². The number of ether oxygens (including phenoxy) is 1. The van der Waals surface area contributed by atoms with Crippen LogP contribution in [0, 0.1) is 13.8 Å². The van der Waals surface area contributed by atoms with Crippen molar-refractivity contribution in [3.8, 4) is 0 Å². The lowest BCUT2D eigenvalue weighted by Gasteiger charge is -2.13. The van der Waals surface area contributed by atoms with Crippen LogP contribution in [0.1, 0.15) is 22.5 Å². The third-order valence-electron chi connectivity index (χ3n) is 4.74. The Morgan fingerprint density at radius 2 is 1.88 bits per heavy atom. The summed E-state index contributed by atoms with van der Waals surface area (Å²) in [6.45, 7) is 3.55. The highest BCUT2D eigenvalue weighted by atomic mass is 16.6. The lowest BCUT2D eigenvalue weighted by atomic mass is 10.2. The Labute approximate surface area is 190 Å². The molecule has 0 aliphatic heterocycles. The van der Waals surface area contributed by atoms with Crippen molar-refractivity contribution in [1.29, 1.82) is 0 Å². The van der Waals surface area contributed by atoms with E-state index in [1.807, 2.05) is 30.3 Å². The molecule has 0 bridgehead atoms. The van der Waals surface area contributed by atoms with Gasteiger partial charge in [0.25, 0.3) is 5.56 Å². The number of nitrogen functional groups attached to an aromatic ring is 1. The van der Waals surface area contributed by atoms with Gasteiger partial charge < -0.3 is 15.8 Å². The van der Waals surface area contributed by atoms with Crippen LogP contribution >= 0.6 is 0 Å². The highest BCUT2D eigenvalue weighted by Crippen LogP contribution is 2.07. The predicted octanol–water partition coefficient (Wildman–Crippen LogP) is 1.41. The Hall–Kier alpha value is -4.41. The Balaban J connectivity index is 1.56. The molecule has 1 aromatic carbocycles. The van der Waals surface area contributed by atoms with Crippen LogP contribution in [0.5, 0.6) is 0 Å². The van der Waals surface area contributed by atoms with E-state index in [1.54, 1.807) is 26.0 Å². The number of nitrogens with zero attached hydrogens (tertiary/aromatic N) is 3. The Bertz CT molecular complexity index is 1200. The van der Waals surface area contributed by atoms with Crippen LogP contribution in [-0.4, -0.2) is 26.5 Å². The average molecular weight is 451 g/mol. The third kappa shape index (κ3) is 6.53. The summed E-state index contributed by atoms with van der Waals surface area (Å²) in [5.74, 6) is -0.119. The standard InChI is InChI=1S/C22H25N7O4/c1-14-10-25-20(27-28-22(32)33-13-16-6-4-3-5-7-16)21(31)29(14)12-19(30)24-11-17-8-9-18(23)26-15(17)2/h3-10H,11-13H2,1-2H3,(H2,23,26)(H,24,30)(H,25,27)(H,28,32). The molecule has 0 saturated heterocycles. The molecule has 0 radical (unpaired) electrons. The Morgan fingerprint density at radius 1 is 1.12 bits per heavy atom. The zero-order chi connectivity index (χ0) is 23.8. The number of carbonyl (C=O) groups excluding carboxylic acids is 2. The number of anilines is 2. The van der Waals surface area contributed by atoms with Crippen LogP contribution in [0.3, 0.4) is 0 Å². The molecule has 33 heavy (non-hydrogen) atoms. The monoisotopic (exact) mass is 451 g/mol. The van der Waals surface area contributed by atoms with Gasteiger partial charge in [-0.25, -0.2) is 20.2 Å². The molecule has 0 fully saturated rings. The number of aromatic nitrogens is 3. The van der Waals surface area contributed by atoms with Crippen LogP contribution in [0.2, 0.25) is 0 Å². The van der Waals surface area contributed by atoms with Gasteiger partial charge in [-0.15, -0.1) is 0 Å². The second-order valence-corrected chi connectivity index (χ2v) is 7.21. The van der Waals surface area contributed by atoms with Gasteiger partial charge in [-0.3, -0.25) is 19.6 Å². The first-order chi connectivity index (χ1) is 15.8. The number of hydrazine groups is 1. The smallest absolute Gasteiger partial charge is 0.426 e. The van der Waals surface area contributed by atoms with Crippen molar-refractivity contribution in [2.75, 3.05) is 11.2 Å². The average Bonchev–Trinajstić information content (AvgIpc) is 2.80. The molecule has 0 aliphatic carbocycles. The van der Waals surface area contributed by atoms with Gasteiger partial charge in [-0.2, -0.15) is 0 Å². The summed E-state index contributed by atoms with van der Waals surface area (Å²) < 4.78 is 6.32. The Kier molecular flexibility index (Phi) is 7.58. The fourth-order valence-electron chi connectivity index (χ4n) is 2.91. The maximum Gasteiger partial charge on any atom is 0.426 e. The fourth-order valence-corrected chi connectivity index (χ4v) is 2.91. The van der Waals surface area contributed by atoms with Crippen molar-refractivity contribution in [3.63, 3.8) is 0 Å². The summed E-state index contributed by atoms with van der Waals surface area (Å²) >= 11 is 0. The largest absolute Gasteiger partial charge is 0.443 e. The van der Waals surface area contributed by atoms with E-state index in [1.165, 1.54) is 10.8 Å². The van der Waals surface area contributed by atoms with Crippen molar-refractivity contribution in [2.45, 2.75) is 33.5 Å². The van der Waals surface area contributed by atoms with Gasteiger partial charge in [0, 0.05) is 24.1 Å². The van der Waals surface area contributed by atoms with Crippen molar-refractivity contribution in [3.05, 3.63) is 81.5 Å². The molecule has 0 aliphatic rings. The van der Waals surface area contributed by atoms with E-state index in [2.05, 4.69) is 26.1 Å². The molecule has 172 valence electrons. The first-order valence-corrected chi connectivity index (χ1v) is 10.1. The minimum atomic E-state index is -0.780. The molecule has 0 atom stereocenters. The maximum absolute atomic E-state index is 12.7. The second-order valence-electron chi connectivity index (χ2n) is 7.21. The van der Waals surface area contributed by atoms with Gasteiger partial charge in [0.1, 0.15) is 19.0 Å². The number of pyridine rings is 1. The summed E-state index contributed by atoms with van der Waals surface area (Å²) in [4.78, 5) is 45.2. The van der Waals surface area contributed by atoms with E-state index in [0.717, 1.165) is 11.1 Å². The zero-order valence-corrected chi connectivity index (χ0v) is 18.3. The zero-order valence-electron chi connectivity index (χ0n) is 18.3. The fraction of sp³-hybridized carbons (Fsp3) is 0.227. The minimum Gasteiger partial charge on any atom is -0.443 e. The lowest BCUT2D eigenvalue weighted by molar-refractivity contribution is -0.121. The quantitative estimate of drug-likeness (QED) is 0.375. The summed E-state index contributed by atoms with van der Waals surface area (Å²) in [5, 5.41) is 2.75. The third-order valence-corrected chi connectivity index (χ3v) is 4.74. The van der Waals surface area contributed by atoms with E-state index >= 15 is 0 Å². The van der Waals surface area contributed by atoms with Gasteiger partial charge in [-0.1, -0.05) is 36.4 Å². The number of amides is 2. The molecule has 11 heteroatoms. The SMILES string of the molecule is Cc1nc(N)ccc1CNC(=O)Cn1c(C)cnc(NNC(=O)OCc2ccccc2)c1=O. The number of carbonyl (C=O) groups is 2. The van der Waals surface area contributed by atoms with Crippen molar-refractivity contribution < 1.29 is 14.3 Å². The van der Waals surface area contributed by atoms with Crippen LogP contribution < -0.4 is 27.5 Å². The summed E-state index contributed by atoms with van der Waals surface area (Å²) in [7, 11) is 0. The van der Waals surface area contributed by atoms with Gasteiger partial charge in [-0.05, 0) is 31.0 Å². The van der Waals surface area contributed by atoms with Crippen LogP contribution in [-0.2, 0) is 29.2 Å². The number of nitrogens with two attached hydrogens (primary N) is 1.